The molecule has 0 bridgehead atoms. The molecule has 0 radical (unpaired) electrons. The van der Waals surface area contributed by atoms with Crippen molar-refractivity contribution in [2.24, 2.45) is 0 Å². The van der Waals surface area contributed by atoms with E-state index in [2.05, 4.69) is 29.3 Å². The number of anilines is 1. The van der Waals surface area contributed by atoms with Gasteiger partial charge in [-0.15, -0.1) is 0 Å². The van der Waals surface area contributed by atoms with Crippen LogP contribution in [0.4, 0.5) is 5.69 Å². The van der Waals surface area contributed by atoms with E-state index in [9.17, 15) is 5.26 Å². The zero-order valence-electron chi connectivity index (χ0n) is 11.5. The largest absolute Gasteiger partial charge is 0.366 e. The van der Waals surface area contributed by atoms with Crippen LogP contribution in [0, 0.1) is 18.3 Å². The standard InChI is InChI=1S/C16H21N3/c1-12-5-2-6-13(11-17)16(12)19-10-4-8-15(19)14-7-3-9-18-14/h2,5-6,14-15,18H,3-4,7-10H2,1H3. The third-order valence-electron chi connectivity index (χ3n) is 4.51. The molecule has 0 aromatic heterocycles. The molecule has 3 rings (SSSR count). The Morgan fingerprint density at radius 2 is 2.21 bits per heavy atom. The van der Waals surface area contributed by atoms with Crippen molar-refractivity contribution in [3.8, 4) is 6.07 Å². The molecule has 3 heteroatoms. The van der Waals surface area contributed by atoms with E-state index < -0.39 is 0 Å². The number of nitrogens with zero attached hydrogens (tertiary/aromatic N) is 2. The van der Waals surface area contributed by atoms with Crippen molar-refractivity contribution < 1.29 is 0 Å². The maximum Gasteiger partial charge on any atom is 0.101 e. The molecule has 1 aromatic rings. The lowest BCUT2D eigenvalue weighted by Gasteiger charge is -2.33. The van der Waals surface area contributed by atoms with Crippen LogP contribution in [0.1, 0.15) is 36.8 Å². The van der Waals surface area contributed by atoms with Crippen molar-refractivity contribution in [3.05, 3.63) is 29.3 Å². The lowest BCUT2D eigenvalue weighted by molar-refractivity contribution is 0.482. The number of nitrogens with one attached hydrogen (secondary N) is 1. The average molecular weight is 255 g/mol. The molecule has 19 heavy (non-hydrogen) atoms. The van der Waals surface area contributed by atoms with E-state index in [1.165, 1.54) is 36.9 Å². The van der Waals surface area contributed by atoms with Crippen molar-refractivity contribution in [1.29, 1.82) is 5.26 Å². The van der Waals surface area contributed by atoms with Crippen molar-refractivity contribution >= 4 is 5.69 Å². The molecule has 3 nitrogen and oxygen atoms in total. The van der Waals surface area contributed by atoms with Crippen molar-refractivity contribution in [2.75, 3.05) is 18.0 Å². The summed E-state index contributed by atoms with van der Waals surface area (Å²) in [5.41, 5.74) is 3.22. The second-order valence-electron chi connectivity index (χ2n) is 5.69. The molecule has 2 atom stereocenters. The summed E-state index contributed by atoms with van der Waals surface area (Å²) in [6.07, 6.45) is 5.04. The van der Waals surface area contributed by atoms with E-state index in [0.29, 0.717) is 12.1 Å². The van der Waals surface area contributed by atoms with Crippen molar-refractivity contribution in [2.45, 2.75) is 44.7 Å². The number of rotatable bonds is 2. The van der Waals surface area contributed by atoms with E-state index in [1.54, 1.807) is 0 Å². The number of hydrogen-bond donors (Lipinski definition) is 1. The van der Waals surface area contributed by atoms with Gasteiger partial charge in [0.25, 0.3) is 0 Å². The van der Waals surface area contributed by atoms with Crippen molar-refractivity contribution in [1.82, 2.24) is 5.32 Å². The zero-order chi connectivity index (χ0) is 13.2. The van der Waals surface area contributed by atoms with Gasteiger partial charge in [-0.05, 0) is 50.8 Å². The van der Waals surface area contributed by atoms with Crippen LogP contribution >= 0.6 is 0 Å². The fourth-order valence-corrected chi connectivity index (χ4v) is 3.66. The normalized spacial score (nSPS) is 26.6. The molecule has 2 aliphatic rings. The molecule has 0 spiro atoms. The molecule has 1 aromatic carbocycles. The van der Waals surface area contributed by atoms with Crippen LogP contribution in [0.5, 0.6) is 0 Å². The van der Waals surface area contributed by atoms with Gasteiger partial charge in [-0.1, -0.05) is 12.1 Å². The van der Waals surface area contributed by atoms with Gasteiger partial charge in [-0.25, -0.2) is 0 Å². The Morgan fingerprint density at radius 1 is 1.32 bits per heavy atom. The Bertz CT molecular complexity index is 497. The molecular weight excluding hydrogens is 234 g/mol. The average Bonchev–Trinajstić information content (AvgIpc) is 3.08. The first-order chi connectivity index (χ1) is 9.31. The quantitative estimate of drug-likeness (QED) is 0.883. The summed E-state index contributed by atoms with van der Waals surface area (Å²) >= 11 is 0. The summed E-state index contributed by atoms with van der Waals surface area (Å²) < 4.78 is 0. The van der Waals surface area contributed by atoms with Gasteiger partial charge >= 0.3 is 0 Å². The van der Waals surface area contributed by atoms with Gasteiger partial charge in [0, 0.05) is 18.6 Å². The Labute approximate surface area is 115 Å². The minimum atomic E-state index is 0.565. The summed E-state index contributed by atoms with van der Waals surface area (Å²) in [6, 6.07) is 9.58. The third-order valence-corrected chi connectivity index (χ3v) is 4.51. The van der Waals surface area contributed by atoms with Gasteiger partial charge in [-0.3, -0.25) is 0 Å². The van der Waals surface area contributed by atoms with E-state index in [0.717, 1.165) is 18.7 Å². The second-order valence-corrected chi connectivity index (χ2v) is 5.69. The predicted octanol–water partition coefficient (Wildman–Crippen LogP) is 2.59. The number of nitriles is 1. The molecule has 2 unspecified atom stereocenters. The summed E-state index contributed by atoms with van der Waals surface area (Å²) in [5.74, 6) is 0. The molecule has 2 heterocycles. The third kappa shape index (κ3) is 2.21. The zero-order valence-corrected chi connectivity index (χ0v) is 11.5. The summed E-state index contributed by atoms with van der Waals surface area (Å²) in [7, 11) is 0. The van der Waals surface area contributed by atoms with Gasteiger partial charge in [-0.2, -0.15) is 5.26 Å². The maximum absolute atomic E-state index is 9.36. The maximum atomic E-state index is 9.36. The van der Waals surface area contributed by atoms with Crippen molar-refractivity contribution in [3.63, 3.8) is 0 Å². The van der Waals surface area contributed by atoms with E-state index in [1.807, 2.05) is 12.1 Å². The molecule has 2 saturated heterocycles. The number of hydrogen-bond acceptors (Lipinski definition) is 3. The van der Waals surface area contributed by atoms with Gasteiger partial charge < -0.3 is 10.2 Å². The fourth-order valence-electron chi connectivity index (χ4n) is 3.66. The van der Waals surface area contributed by atoms with Gasteiger partial charge in [0.05, 0.1) is 11.3 Å². The number of para-hydroxylation sites is 1. The van der Waals surface area contributed by atoms with Crippen LogP contribution < -0.4 is 10.2 Å². The highest BCUT2D eigenvalue weighted by molar-refractivity contribution is 5.65. The number of aryl methyl sites for hydroxylation is 1. The summed E-state index contributed by atoms with van der Waals surface area (Å²) in [4.78, 5) is 2.48. The molecule has 0 aliphatic carbocycles. The minimum Gasteiger partial charge on any atom is -0.366 e. The lowest BCUT2D eigenvalue weighted by atomic mass is 10.0. The molecule has 1 N–H and O–H groups in total. The molecular formula is C16H21N3. The molecule has 2 aliphatic heterocycles. The monoisotopic (exact) mass is 255 g/mol. The van der Waals surface area contributed by atoms with E-state index in [4.69, 9.17) is 0 Å². The summed E-state index contributed by atoms with van der Waals surface area (Å²) in [6.45, 7) is 4.35. The Hall–Kier alpha value is -1.53. The van der Waals surface area contributed by atoms with E-state index in [-0.39, 0.29) is 0 Å². The molecule has 0 saturated carbocycles. The first kappa shape index (κ1) is 12.5. The predicted molar refractivity (Wildman–Crippen MR) is 77.3 cm³/mol. The molecule has 100 valence electrons. The first-order valence-electron chi connectivity index (χ1n) is 7.31. The van der Waals surface area contributed by atoms with Crippen LogP contribution in [-0.2, 0) is 0 Å². The first-order valence-corrected chi connectivity index (χ1v) is 7.31. The van der Waals surface area contributed by atoms with Crippen LogP contribution in [0.3, 0.4) is 0 Å². The van der Waals surface area contributed by atoms with Crippen LogP contribution in [0.25, 0.3) is 0 Å². The van der Waals surface area contributed by atoms with Gasteiger partial charge in [0.2, 0.25) is 0 Å². The van der Waals surface area contributed by atoms with Gasteiger partial charge in [0.15, 0.2) is 0 Å². The minimum absolute atomic E-state index is 0.565. The number of benzene rings is 1. The smallest absolute Gasteiger partial charge is 0.101 e. The molecule has 2 fully saturated rings. The van der Waals surface area contributed by atoms with E-state index >= 15 is 0 Å². The van der Waals surface area contributed by atoms with Gasteiger partial charge in [0.1, 0.15) is 6.07 Å². The highest BCUT2D eigenvalue weighted by atomic mass is 15.2. The van der Waals surface area contributed by atoms with Crippen LogP contribution in [0.2, 0.25) is 0 Å². The Kier molecular flexibility index (Phi) is 3.44. The summed E-state index contributed by atoms with van der Waals surface area (Å²) in [5, 5.41) is 13.0. The highest BCUT2D eigenvalue weighted by Gasteiger charge is 2.34. The van der Waals surface area contributed by atoms with Crippen LogP contribution in [-0.4, -0.2) is 25.2 Å². The Balaban J connectivity index is 1.94. The Morgan fingerprint density at radius 3 is 2.95 bits per heavy atom. The van der Waals surface area contributed by atoms with Crippen LogP contribution in [0.15, 0.2) is 18.2 Å². The second kappa shape index (κ2) is 5.22. The highest BCUT2D eigenvalue weighted by Crippen LogP contribution is 2.34. The SMILES string of the molecule is Cc1cccc(C#N)c1N1CCCC1C1CCCN1. The lowest BCUT2D eigenvalue weighted by Crippen LogP contribution is -2.44. The topological polar surface area (TPSA) is 39.1 Å². The molecule has 0 amide bonds. The fraction of sp³-hybridized carbons (Fsp3) is 0.562.